The summed E-state index contributed by atoms with van der Waals surface area (Å²) >= 11 is 0. The molecule has 28 heavy (non-hydrogen) atoms. The summed E-state index contributed by atoms with van der Waals surface area (Å²) in [7, 11) is 1.62. The van der Waals surface area contributed by atoms with Crippen LogP contribution in [0.15, 0.2) is 66.7 Å². The van der Waals surface area contributed by atoms with Crippen LogP contribution < -0.4 is 14.8 Å². The summed E-state index contributed by atoms with van der Waals surface area (Å²) < 4.78 is 11.6. The van der Waals surface area contributed by atoms with E-state index in [0.717, 1.165) is 16.8 Å². The van der Waals surface area contributed by atoms with Crippen molar-refractivity contribution in [3.05, 3.63) is 89.0 Å². The maximum absolute atomic E-state index is 11.0. The van der Waals surface area contributed by atoms with Crippen LogP contribution in [0.2, 0.25) is 0 Å². The van der Waals surface area contributed by atoms with Gasteiger partial charge in [-0.25, -0.2) is 4.79 Å². The van der Waals surface area contributed by atoms with E-state index in [1.165, 1.54) is 5.56 Å². The molecule has 0 aliphatic carbocycles. The lowest BCUT2D eigenvalue weighted by molar-refractivity contribution is 0.0697. The molecular formula is C23H23NO4. The third-order valence-corrected chi connectivity index (χ3v) is 4.40. The lowest BCUT2D eigenvalue weighted by Gasteiger charge is -2.16. The molecule has 2 N–H and O–H groups in total. The van der Waals surface area contributed by atoms with Gasteiger partial charge in [0.1, 0.15) is 6.61 Å². The molecule has 0 atom stereocenters. The molecule has 0 unspecified atom stereocenters. The molecule has 0 spiro atoms. The Bertz CT molecular complexity index is 934. The van der Waals surface area contributed by atoms with Crippen molar-refractivity contribution in [2.45, 2.75) is 20.1 Å². The Morgan fingerprint density at radius 1 is 1.00 bits per heavy atom. The summed E-state index contributed by atoms with van der Waals surface area (Å²) in [5.74, 6) is 0.430. The second-order valence-electron chi connectivity index (χ2n) is 6.46. The minimum Gasteiger partial charge on any atom is -0.493 e. The number of aryl methyl sites for hydroxylation is 1. The maximum atomic E-state index is 11.0. The first-order chi connectivity index (χ1) is 13.6. The normalized spacial score (nSPS) is 10.4. The quantitative estimate of drug-likeness (QED) is 0.585. The van der Waals surface area contributed by atoms with Crippen LogP contribution in [0.1, 0.15) is 27.0 Å². The van der Waals surface area contributed by atoms with Crippen molar-refractivity contribution < 1.29 is 19.4 Å². The number of benzene rings is 3. The maximum Gasteiger partial charge on any atom is 0.335 e. The topological polar surface area (TPSA) is 67.8 Å². The van der Waals surface area contributed by atoms with Crippen LogP contribution in [0, 0.1) is 6.92 Å². The molecule has 5 heteroatoms. The Morgan fingerprint density at radius 2 is 1.71 bits per heavy atom. The SMILES string of the molecule is COc1cccc(CNc2ccc(C(=O)O)cc2)c1OCc1ccc(C)cc1. The van der Waals surface area contributed by atoms with Crippen molar-refractivity contribution >= 4 is 11.7 Å². The van der Waals surface area contributed by atoms with E-state index >= 15 is 0 Å². The number of rotatable bonds is 8. The monoisotopic (exact) mass is 377 g/mol. The van der Waals surface area contributed by atoms with E-state index in [1.807, 2.05) is 30.3 Å². The van der Waals surface area contributed by atoms with Gasteiger partial charge in [0, 0.05) is 17.8 Å². The van der Waals surface area contributed by atoms with Gasteiger partial charge in [0.05, 0.1) is 12.7 Å². The molecule has 0 bridgehead atoms. The third-order valence-electron chi connectivity index (χ3n) is 4.40. The largest absolute Gasteiger partial charge is 0.493 e. The van der Waals surface area contributed by atoms with E-state index in [1.54, 1.807) is 31.4 Å². The molecule has 0 radical (unpaired) electrons. The Hall–Kier alpha value is -3.47. The first-order valence-corrected chi connectivity index (χ1v) is 8.98. The van der Waals surface area contributed by atoms with Crippen molar-refractivity contribution in [2.75, 3.05) is 12.4 Å². The predicted molar refractivity (Wildman–Crippen MR) is 109 cm³/mol. The third kappa shape index (κ3) is 4.82. The Morgan fingerprint density at radius 3 is 2.36 bits per heavy atom. The van der Waals surface area contributed by atoms with Crippen molar-refractivity contribution in [1.29, 1.82) is 0 Å². The highest BCUT2D eigenvalue weighted by Crippen LogP contribution is 2.32. The van der Waals surface area contributed by atoms with Gasteiger partial charge in [-0.15, -0.1) is 0 Å². The van der Waals surface area contributed by atoms with Gasteiger partial charge in [-0.2, -0.15) is 0 Å². The van der Waals surface area contributed by atoms with Gasteiger partial charge in [0.2, 0.25) is 0 Å². The molecule has 3 aromatic rings. The summed E-state index contributed by atoms with van der Waals surface area (Å²) in [5, 5.41) is 12.3. The standard InChI is InChI=1S/C23H23NO4/c1-16-6-8-17(9-7-16)15-28-22-19(4-3-5-21(22)27-2)14-24-20-12-10-18(11-13-20)23(25)26/h3-13,24H,14-15H2,1-2H3,(H,25,26). The van der Waals surface area contributed by atoms with Gasteiger partial charge in [0.15, 0.2) is 11.5 Å². The van der Waals surface area contributed by atoms with E-state index in [2.05, 4.69) is 24.4 Å². The fraction of sp³-hybridized carbons (Fsp3) is 0.174. The fourth-order valence-corrected chi connectivity index (χ4v) is 2.79. The minimum absolute atomic E-state index is 0.258. The van der Waals surface area contributed by atoms with Crippen LogP contribution in [0.3, 0.4) is 0 Å². The second-order valence-corrected chi connectivity index (χ2v) is 6.46. The number of hydrogen-bond acceptors (Lipinski definition) is 4. The van der Waals surface area contributed by atoms with Crippen LogP contribution in [-0.2, 0) is 13.2 Å². The Labute approximate surface area is 164 Å². The summed E-state index contributed by atoms with van der Waals surface area (Å²) in [6, 6.07) is 20.6. The molecule has 0 saturated carbocycles. The molecule has 0 saturated heterocycles. The zero-order chi connectivity index (χ0) is 19.9. The second kappa shape index (κ2) is 8.95. The van der Waals surface area contributed by atoms with Crippen molar-refractivity contribution in [3.63, 3.8) is 0 Å². The number of para-hydroxylation sites is 1. The summed E-state index contributed by atoms with van der Waals surface area (Å²) in [5.41, 5.74) is 4.33. The van der Waals surface area contributed by atoms with E-state index in [4.69, 9.17) is 14.6 Å². The number of methoxy groups -OCH3 is 1. The van der Waals surface area contributed by atoms with Gasteiger partial charge in [-0.1, -0.05) is 42.0 Å². The van der Waals surface area contributed by atoms with Gasteiger partial charge in [-0.05, 0) is 42.8 Å². The van der Waals surface area contributed by atoms with Gasteiger partial charge < -0.3 is 19.9 Å². The van der Waals surface area contributed by atoms with E-state index in [0.29, 0.717) is 24.7 Å². The highest BCUT2D eigenvalue weighted by atomic mass is 16.5. The average molecular weight is 377 g/mol. The average Bonchev–Trinajstić information content (AvgIpc) is 2.72. The van der Waals surface area contributed by atoms with Gasteiger partial charge >= 0.3 is 5.97 Å². The van der Waals surface area contributed by atoms with Crippen LogP contribution in [0.5, 0.6) is 11.5 Å². The number of carboxylic acid groups (broad SMARTS) is 1. The molecule has 0 heterocycles. The van der Waals surface area contributed by atoms with Crippen LogP contribution >= 0.6 is 0 Å². The van der Waals surface area contributed by atoms with Crippen LogP contribution in [0.4, 0.5) is 5.69 Å². The molecule has 0 aliphatic rings. The number of nitrogens with one attached hydrogen (secondary N) is 1. The summed E-state index contributed by atoms with van der Waals surface area (Å²) in [4.78, 5) is 11.0. The number of ether oxygens (including phenoxy) is 2. The molecule has 0 aromatic heterocycles. The molecule has 0 fully saturated rings. The number of aromatic carboxylic acids is 1. The number of carboxylic acids is 1. The highest BCUT2D eigenvalue weighted by Gasteiger charge is 2.11. The fourth-order valence-electron chi connectivity index (χ4n) is 2.79. The lowest BCUT2D eigenvalue weighted by Crippen LogP contribution is -2.05. The van der Waals surface area contributed by atoms with Gasteiger partial charge in [-0.3, -0.25) is 0 Å². The smallest absolute Gasteiger partial charge is 0.335 e. The lowest BCUT2D eigenvalue weighted by atomic mass is 10.1. The summed E-state index contributed by atoms with van der Waals surface area (Å²) in [6.45, 7) is 3.02. The van der Waals surface area contributed by atoms with E-state index in [9.17, 15) is 4.79 Å². The zero-order valence-electron chi connectivity index (χ0n) is 15.9. The van der Waals surface area contributed by atoms with Crippen LogP contribution in [-0.4, -0.2) is 18.2 Å². The Kier molecular flexibility index (Phi) is 6.17. The molecule has 3 aromatic carbocycles. The number of anilines is 1. The predicted octanol–water partition coefficient (Wildman–Crippen LogP) is 4.89. The van der Waals surface area contributed by atoms with Crippen molar-refractivity contribution in [3.8, 4) is 11.5 Å². The van der Waals surface area contributed by atoms with Gasteiger partial charge in [0.25, 0.3) is 0 Å². The van der Waals surface area contributed by atoms with Crippen LogP contribution in [0.25, 0.3) is 0 Å². The first-order valence-electron chi connectivity index (χ1n) is 8.98. The molecule has 144 valence electrons. The highest BCUT2D eigenvalue weighted by molar-refractivity contribution is 5.88. The number of carbonyl (C=O) groups is 1. The minimum atomic E-state index is -0.939. The Balaban J connectivity index is 1.73. The molecule has 5 nitrogen and oxygen atoms in total. The molecular weight excluding hydrogens is 354 g/mol. The zero-order valence-corrected chi connectivity index (χ0v) is 15.9. The first kappa shape index (κ1) is 19.3. The number of hydrogen-bond donors (Lipinski definition) is 2. The van der Waals surface area contributed by atoms with Crippen molar-refractivity contribution in [1.82, 2.24) is 0 Å². The molecule has 3 rings (SSSR count). The molecule has 0 aliphatic heterocycles. The van der Waals surface area contributed by atoms with Crippen molar-refractivity contribution in [2.24, 2.45) is 0 Å². The van der Waals surface area contributed by atoms with E-state index < -0.39 is 5.97 Å². The molecule has 0 amide bonds. The summed E-state index contributed by atoms with van der Waals surface area (Å²) in [6.07, 6.45) is 0. The van der Waals surface area contributed by atoms with E-state index in [-0.39, 0.29) is 5.56 Å².